The van der Waals surface area contributed by atoms with Crippen LogP contribution in [0.2, 0.25) is 0 Å². The number of nitrogens with two attached hydrogens (primary N) is 1. The second-order valence-corrected chi connectivity index (χ2v) is 4.41. The van der Waals surface area contributed by atoms with E-state index in [1.165, 1.54) is 6.07 Å². The fraction of sp³-hybridized carbons (Fsp3) is 0.286. The van der Waals surface area contributed by atoms with E-state index in [0.29, 0.717) is 24.2 Å². The molecule has 0 bridgehead atoms. The minimum absolute atomic E-state index is 0.0567. The van der Waals surface area contributed by atoms with Gasteiger partial charge in [0.25, 0.3) is 0 Å². The Morgan fingerprint density at radius 1 is 1.28 bits per heavy atom. The van der Waals surface area contributed by atoms with Crippen LogP contribution in [0, 0.1) is 5.82 Å². The van der Waals surface area contributed by atoms with Crippen molar-refractivity contribution in [3.63, 3.8) is 0 Å². The molecule has 2 aromatic rings. The van der Waals surface area contributed by atoms with Crippen molar-refractivity contribution >= 4 is 0 Å². The van der Waals surface area contributed by atoms with Crippen LogP contribution in [0.25, 0.3) is 0 Å². The Balaban J connectivity index is 2.17. The average Bonchev–Trinajstić information content (AvgIpc) is 2.32. The topological polar surface area (TPSA) is 51.8 Å². The molecule has 1 aromatic heterocycles. The largest absolute Gasteiger partial charge is 0.328 e. The van der Waals surface area contributed by atoms with E-state index >= 15 is 0 Å². The first-order valence-corrected chi connectivity index (χ1v) is 5.95. The van der Waals surface area contributed by atoms with Crippen LogP contribution in [-0.2, 0) is 12.8 Å². The SMILES string of the molecule is CC(N)Cc1ccnc(Cc2ccccc2F)n1. The van der Waals surface area contributed by atoms with Crippen LogP contribution in [0.1, 0.15) is 24.0 Å². The summed E-state index contributed by atoms with van der Waals surface area (Å²) in [6.45, 7) is 1.93. The van der Waals surface area contributed by atoms with Gasteiger partial charge in [-0.1, -0.05) is 18.2 Å². The van der Waals surface area contributed by atoms with E-state index in [9.17, 15) is 4.39 Å². The highest BCUT2D eigenvalue weighted by Crippen LogP contribution is 2.10. The van der Waals surface area contributed by atoms with Gasteiger partial charge in [-0.25, -0.2) is 14.4 Å². The molecule has 1 heterocycles. The van der Waals surface area contributed by atoms with Crippen molar-refractivity contribution in [3.8, 4) is 0 Å². The zero-order valence-electron chi connectivity index (χ0n) is 10.3. The second kappa shape index (κ2) is 5.69. The highest BCUT2D eigenvalue weighted by atomic mass is 19.1. The minimum Gasteiger partial charge on any atom is -0.328 e. The second-order valence-electron chi connectivity index (χ2n) is 4.41. The van der Waals surface area contributed by atoms with Crippen molar-refractivity contribution < 1.29 is 4.39 Å². The van der Waals surface area contributed by atoms with Gasteiger partial charge in [0.15, 0.2) is 0 Å². The van der Waals surface area contributed by atoms with Crippen molar-refractivity contribution in [1.29, 1.82) is 0 Å². The van der Waals surface area contributed by atoms with Gasteiger partial charge in [-0.15, -0.1) is 0 Å². The Morgan fingerprint density at radius 2 is 2.06 bits per heavy atom. The Bertz CT molecular complexity index is 526. The van der Waals surface area contributed by atoms with Crippen LogP contribution in [0.15, 0.2) is 36.5 Å². The summed E-state index contributed by atoms with van der Waals surface area (Å²) in [4.78, 5) is 8.56. The quantitative estimate of drug-likeness (QED) is 0.897. The molecule has 0 saturated carbocycles. The number of hydrogen-bond donors (Lipinski definition) is 1. The van der Waals surface area contributed by atoms with Crippen LogP contribution in [0.3, 0.4) is 0 Å². The maximum atomic E-state index is 13.5. The van der Waals surface area contributed by atoms with Crippen molar-refractivity contribution in [3.05, 3.63) is 59.4 Å². The third kappa shape index (κ3) is 3.34. The van der Waals surface area contributed by atoms with Gasteiger partial charge in [0.1, 0.15) is 11.6 Å². The zero-order chi connectivity index (χ0) is 13.0. The van der Waals surface area contributed by atoms with Crippen molar-refractivity contribution in [2.45, 2.75) is 25.8 Å². The van der Waals surface area contributed by atoms with Crippen molar-refractivity contribution in [2.24, 2.45) is 5.73 Å². The van der Waals surface area contributed by atoms with Crippen LogP contribution < -0.4 is 5.73 Å². The summed E-state index contributed by atoms with van der Waals surface area (Å²) in [5.41, 5.74) is 7.23. The number of halogens is 1. The number of rotatable bonds is 4. The molecule has 0 amide bonds. The molecular formula is C14H16FN3. The van der Waals surface area contributed by atoms with Crippen LogP contribution in [0.5, 0.6) is 0 Å². The molecule has 0 fully saturated rings. The summed E-state index contributed by atoms with van der Waals surface area (Å²) in [5.74, 6) is 0.400. The molecule has 1 aromatic carbocycles. The molecule has 0 aliphatic heterocycles. The van der Waals surface area contributed by atoms with E-state index < -0.39 is 0 Å². The fourth-order valence-corrected chi connectivity index (χ4v) is 1.78. The Hall–Kier alpha value is -1.81. The van der Waals surface area contributed by atoms with Gasteiger partial charge in [0, 0.05) is 30.8 Å². The molecule has 1 atom stereocenters. The molecule has 2 N–H and O–H groups in total. The predicted molar refractivity (Wildman–Crippen MR) is 68.6 cm³/mol. The third-order valence-electron chi connectivity index (χ3n) is 2.60. The van der Waals surface area contributed by atoms with Crippen LogP contribution in [0.4, 0.5) is 4.39 Å². The molecule has 18 heavy (non-hydrogen) atoms. The highest BCUT2D eigenvalue weighted by molar-refractivity contribution is 5.21. The number of benzene rings is 1. The molecule has 94 valence electrons. The lowest BCUT2D eigenvalue weighted by atomic mass is 10.1. The lowest BCUT2D eigenvalue weighted by molar-refractivity contribution is 0.611. The van der Waals surface area contributed by atoms with Crippen LogP contribution >= 0.6 is 0 Å². The van der Waals surface area contributed by atoms with Gasteiger partial charge in [-0.2, -0.15) is 0 Å². The molecule has 0 spiro atoms. The van der Waals surface area contributed by atoms with Gasteiger partial charge in [0.05, 0.1) is 0 Å². The zero-order valence-corrected chi connectivity index (χ0v) is 10.3. The van der Waals surface area contributed by atoms with Crippen molar-refractivity contribution in [2.75, 3.05) is 0 Å². The van der Waals surface area contributed by atoms with Gasteiger partial charge in [-0.3, -0.25) is 0 Å². The summed E-state index contributed by atoms with van der Waals surface area (Å²) in [7, 11) is 0. The third-order valence-corrected chi connectivity index (χ3v) is 2.60. The van der Waals surface area contributed by atoms with E-state index in [1.54, 1.807) is 18.3 Å². The van der Waals surface area contributed by atoms with E-state index in [1.807, 2.05) is 19.1 Å². The Labute approximate surface area is 106 Å². The first kappa shape index (κ1) is 12.6. The summed E-state index contributed by atoms with van der Waals surface area (Å²) >= 11 is 0. The average molecular weight is 245 g/mol. The number of hydrogen-bond acceptors (Lipinski definition) is 3. The molecule has 0 saturated heterocycles. The molecule has 3 nitrogen and oxygen atoms in total. The standard InChI is InChI=1S/C14H16FN3/c1-10(16)8-12-6-7-17-14(18-12)9-11-4-2-3-5-13(11)15/h2-7,10H,8-9,16H2,1H3. The first-order valence-electron chi connectivity index (χ1n) is 5.95. The van der Waals surface area contributed by atoms with E-state index in [-0.39, 0.29) is 11.9 Å². The lowest BCUT2D eigenvalue weighted by Gasteiger charge is -2.06. The molecule has 1 unspecified atom stereocenters. The molecule has 0 aliphatic carbocycles. The summed E-state index contributed by atoms with van der Waals surface area (Å²) in [6, 6.07) is 8.57. The monoisotopic (exact) mass is 245 g/mol. The van der Waals surface area contributed by atoms with E-state index in [4.69, 9.17) is 5.73 Å². The highest BCUT2D eigenvalue weighted by Gasteiger charge is 2.06. The molecule has 2 rings (SSSR count). The Kier molecular flexibility index (Phi) is 3.99. The minimum atomic E-state index is -0.223. The number of aromatic nitrogens is 2. The van der Waals surface area contributed by atoms with Gasteiger partial charge in [0.2, 0.25) is 0 Å². The fourth-order valence-electron chi connectivity index (χ4n) is 1.78. The smallest absolute Gasteiger partial charge is 0.133 e. The molecule has 0 radical (unpaired) electrons. The normalized spacial score (nSPS) is 12.4. The van der Waals surface area contributed by atoms with Gasteiger partial charge >= 0.3 is 0 Å². The number of nitrogens with zero attached hydrogens (tertiary/aromatic N) is 2. The van der Waals surface area contributed by atoms with Gasteiger partial charge < -0.3 is 5.73 Å². The first-order chi connectivity index (χ1) is 8.65. The molecule has 0 aliphatic rings. The molecular weight excluding hydrogens is 229 g/mol. The van der Waals surface area contributed by atoms with Crippen LogP contribution in [-0.4, -0.2) is 16.0 Å². The van der Waals surface area contributed by atoms with Crippen molar-refractivity contribution in [1.82, 2.24) is 9.97 Å². The molecule has 4 heteroatoms. The lowest BCUT2D eigenvalue weighted by Crippen LogP contribution is -2.19. The summed E-state index contributed by atoms with van der Waals surface area (Å²) < 4.78 is 13.5. The van der Waals surface area contributed by atoms with Gasteiger partial charge in [-0.05, 0) is 24.6 Å². The Morgan fingerprint density at radius 3 is 2.78 bits per heavy atom. The van der Waals surface area contributed by atoms with E-state index in [0.717, 1.165) is 5.69 Å². The summed E-state index contributed by atoms with van der Waals surface area (Å²) in [6.07, 6.45) is 2.80. The van der Waals surface area contributed by atoms with E-state index in [2.05, 4.69) is 9.97 Å². The summed E-state index contributed by atoms with van der Waals surface area (Å²) in [5, 5.41) is 0. The maximum absolute atomic E-state index is 13.5. The maximum Gasteiger partial charge on any atom is 0.133 e. The predicted octanol–water partition coefficient (Wildman–Crippen LogP) is 2.10.